The molecule has 0 atom stereocenters. The van der Waals surface area contributed by atoms with Crippen molar-refractivity contribution in [3.05, 3.63) is 59.2 Å². The largest absolute Gasteiger partial charge is 0.326 e. The van der Waals surface area contributed by atoms with E-state index in [1.807, 2.05) is 51.1 Å². The van der Waals surface area contributed by atoms with Gasteiger partial charge in [-0.05, 0) is 74.6 Å². The van der Waals surface area contributed by atoms with Crippen LogP contribution in [0.25, 0.3) is 0 Å². The van der Waals surface area contributed by atoms with Crippen LogP contribution in [0.5, 0.6) is 0 Å². The van der Waals surface area contributed by atoms with Gasteiger partial charge in [0, 0.05) is 24.7 Å². The molecule has 1 N–H and O–H groups in total. The molecule has 0 bridgehead atoms. The fourth-order valence-electron chi connectivity index (χ4n) is 3.35. The molecule has 0 aromatic heterocycles. The van der Waals surface area contributed by atoms with Crippen molar-refractivity contribution in [1.82, 2.24) is 4.31 Å². The summed E-state index contributed by atoms with van der Waals surface area (Å²) < 4.78 is 27.3. The smallest absolute Gasteiger partial charge is 0.243 e. The fraction of sp³-hybridized carbons (Fsp3) is 0.381. The van der Waals surface area contributed by atoms with Gasteiger partial charge < -0.3 is 5.32 Å². The number of carbonyl (C=O) groups excluding carboxylic acids is 1. The zero-order valence-corrected chi connectivity index (χ0v) is 16.8. The molecule has 1 aliphatic heterocycles. The summed E-state index contributed by atoms with van der Waals surface area (Å²) in [5, 5.41) is 2.94. The van der Waals surface area contributed by atoms with E-state index in [1.54, 1.807) is 12.1 Å². The average molecular weight is 387 g/mol. The molecule has 1 saturated heterocycles. The molecule has 6 heteroatoms. The Labute approximate surface area is 161 Å². The number of sulfonamides is 1. The SMILES string of the molecule is Cc1cccc(NC(=O)C2CCN(S(=O)(=O)c3ccc(C)c(C)c3)CC2)c1. The predicted octanol–water partition coefficient (Wildman–Crippen LogP) is 3.65. The topological polar surface area (TPSA) is 66.5 Å². The molecule has 0 spiro atoms. The number of nitrogens with zero attached hydrogens (tertiary/aromatic N) is 1. The van der Waals surface area contributed by atoms with E-state index in [0.29, 0.717) is 30.8 Å². The van der Waals surface area contributed by atoms with Gasteiger partial charge in [0.05, 0.1) is 4.90 Å². The summed E-state index contributed by atoms with van der Waals surface area (Å²) in [5.74, 6) is -0.208. The van der Waals surface area contributed by atoms with Gasteiger partial charge in [0.15, 0.2) is 0 Å². The molecule has 3 rings (SSSR count). The predicted molar refractivity (Wildman–Crippen MR) is 107 cm³/mol. The van der Waals surface area contributed by atoms with Crippen molar-refractivity contribution in [2.75, 3.05) is 18.4 Å². The van der Waals surface area contributed by atoms with Crippen LogP contribution in [0.15, 0.2) is 47.4 Å². The third-order valence-corrected chi connectivity index (χ3v) is 7.12. The number of anilines is 1. The Kier molecular flexibility index (Phi) is 5.67. The van der Waals surface area contributed by atoms with Gasteiger partial charge in [-0.15, -0.1) is 0 Å². The minimum Gasteiger partial charge on any atom is -0.326 e. The number of benzene rings is 2. The number of piperidine rings is 1. The highest BCUT2D eigenvalue weighted by Gasteiger charge is 2.32. The molecule has 1 fully saturated rings. The summed E-state index contributed by atoms with van der Waals surface area (Å²) in [4.78, 5) is 12.8. The highest BCUT2D eigenvalue weighted by molar-refractivity contribution is 7.89. The standard InChI is InChI=1S/C21H26N2O3S/c1-15-5-4-6-19(13-15)22-21(24)18-9-11-23(12-10-18)27(25,26)20-8-7-16(2)17(3)14-20/h4-8,13-14,18H,9-12H2,1-3H3,(H,22,24). The first kappa shape index (κ1) is 19.6. The van der Waals surface area contributed by atoms with E-state index in [0.717, 1.165) is 22.4 Å². The van der Waals surface area contributed by atoms with E-state index in [4.69, 9.17) is 0 Å². The fourth-order valence-corrected chi connectivity index (χ4v) is 4.90. The number of rotatable bonds is 4. The number of hydrogen-bond acceptors (Lipinski definition) is 3. The lowest BCUT2D eigenvalue weighted by Gasteiger charge is -2.30. The van der Waals surface area contributed by atoms with Crippen molar-refractivity contribution >= 4 is 21.6 Å². The van der Waals surface area contributed by atoms with E-state index >= 15 is 0 Å². The van der Waals surface area contributed by atoms with Crippen LogP contribution in [0, 0.1) is 26.7 Å². The Hall–Kier alpha value is -2.18. The quantitative estimate of drug-likeness (QED) is 0.872. The van der Waals surface area contributed by atoms with Crippen molar-refractivity contribution in [2.24, 2.45) is 5.92 Å². The molecule has 1 aliphatic rings. The molecule has 0 radical (unpaired) electrons. The monoisotopic (exact) mass is 386 g/mol. The van der Waals surface area contributed by atoms with Gasteiger partial charge in [0.25, 0.3) is 0 Å². The Morgan fingerprint density at radius 3 is 2.33 bits per heavy atom. The minimum absolute atomic E-state index is 0.0381. The first-order valence-electron chi connectivity index (χ1n) is 9.22. The first-order valence-corrected chi connectivity index (χ1v) is 10.7. The van der Waals surface area contributed by atoms with E-state index in [1.165, 1.54) is 4.31 Å². The maximum absolute atomic E-state index is 12.9. The van der Waals surface area contributed by atoms with Crippen LogP contribution in [0.1, 0.15) is 29.5 Å². The van der Waals surface area contributed by atoms with E-state index in [9.17, 15) is 13.2 Å². The molecular weight excluding hydrogens is 360 g/mol. The Morgan fingerprint density at radius 1 is 1.00 bits per heavy atom. The Balaban J connectivity index is 1.64. The summed E-state index contributed by atoms with van der Waals surface area (Å²) in [6, 6.07) is 12.9. The Bertz CT molecular complexity index is 946. The zero-order valence-electron chi connectivity index (χ0n) is 16.0. The summed E-state index contributed by atoms with van der Waals surface area (Å²) in [7, 11) is -3.51. The van der Waals surface area contributed by atoms with Crippen LogP contribution in [-0.4, -0.2) is 31.7 Å². The number of amides is 1. The van der Waals surface area contributed by atoms with Gasteiger partial charge in [-0.25, -0.2) is 8.42 Å². The third kappa shape index (κ3) is 4.39. The van der Waals surface area contributed by atoms with E-state index in [2.05, 4.69) is 5.32 Å². The average Bonchev–Trinajstić information content (AvgIpc) is 2.64. The highest BCUT2D eigenvalue weighted by atomic mass is 32.2. The molecule has 0 unspecified atom stereocenters. The van der Waals surface area contributed by atoms with Gasteiger partial charge in [-0.3, -0.25) is 4.79 Å². The Morgan fingerprint density at radius 2 is 1.70 bits per heavy atom. The van der Waals surface area contributed by atoms with Crippen LogP contribution in [0.2, 0.25) is 0 Å². The third-order valence-electron chi connectivity index (χ3n) is 5.23. The van der Waals surface area contributed by atoms with Gasteiger partial charge >= 0.3 is 0 Å². The number of hydrogen-bond donors (Lipinski definition) is 1. The summed E-state index contributed by atoms with van der Waals surface area (Å²) >= 11 is 0. The minimum atomic E-state index is -3.51. The summed E-state index contributed by atoms with van der Waals surface area (Å²) in [6.07, 6.45) is 1.06. The molecule has 2 aromatic carbocycles. The van der Waals surface area contributed by atoms with Crippen LogP contribution >= 0.6 is 0 Å². The number of nitrogens with one attached hydrogen (secondary N) is 1. The molecule has 144 valence electrons. The summed E-state index contributed by atoms with van der Waals surface area (Å²) in [5.41, 5.74) is 3.90. The molecule has 5 nitrogen and oxygen atoms in total. The maximum atomic E-state index is 12.9. The zero-order chi connectivity index (χ0) is 19.6. The lowest BCUT2D eigenvalue weighted by Crippen LogP contribution is -2.41. The molecule has 27 heavy (non-hydrogen) atoms. The van der Waals surface area contributed by atoms with Crippen molar-refractivity contribution < 1.29 is 13.2 Å². The van der Waals surface area contributed by atoms with Gasteiger partial charge in [0.1, 0.15) is 0 Å². The lowest BCUT2D eigenvalue weighted by atomic mass is 9.97. The van der Waals surface area contributed by atoms with Crippen LogP contribution in [-0.2, 0) is 14.8 Å². The molecule has 2 aromatic rings. The second-order valence-electron chi connectivity index (χ2n) is 7.28. The van der Waals surface area contributed by atoms with Crippen molar-refractivity contribution in [2.45, 2.75) is 38.5 Å². The van der Waals surface area contributed by atoms with Crippen molar-refractivity contribution in [3.63, 3.8) is 0 Å². The number of aryl methyl sites for hydroxylation is 3. The normalized spacial score (nSPS) is 16.3. The van der Waals surface area contributed by atoms with Crippen LogP contribution < -0.4 is 5.32 Å². The molecule has 1 heterocycles. The second-order valence-corrected chi connectivity index (χ2v) is 9.22. The summed E-state index contributed by atoms with van der Waals surface area (Å²) in [6.45, 7) is 6.58. The molecule has 1 amide bonds. The number of carbonyl (C=O) groups is 1. The van der Waals surface area contributed by atoms with Crippen molar-refractivity contribution in [3.8, 4) is 0 Å². The van der Waals surface area contributed by atoms with E-state index < -0.39 is 10.0 Å². The van der Waals surface area contributed by atoms with Gasteiger partial charge in [0.2, 0.25) is 15.9 Å². The van der Waals surface area contributed by atoms with Gasteiger partial charge in [-0.2, -0.15) is 4.31 Å². The first-order chi connectivity index (χ1) is 12.8. The highest BCUT2D eigenvalue weighted by Crippen LogP contribution is 2.26. The molecule has 0 saturated carbocycles. The van der Waals surface area contributed by atoms with Crippen LogP contribution in [0.4, 0.5) is 5.69 Å². The molecular formula is C21H26N2O3S. The van der Waals surface area contributed by atoms with E-state index in [-0.39, 0.29) is 11.8 Å². The lowest BCUT2D eigenvalue weighted by molar-refractivity contribution is -0.120. The molecule has 0 aliphatic carbocycles. The maximum Gasteiger partial charge on any atom is 0.243 e. The van der Waals surface area contributed by atoms with Crippen molar-refractivity contribution in [1.29, 1.82) is 0 Å². The second kappa shape index (κ2) is 7.82. The van der Waals surface area contributed by atoms with Crippen LogP contribution in [0.3, 0.4) is 0 Å². The van der Waals surface area contributed by atoms with Gasteiger partial charge in [-0.1, -0.05) is 18.2 Å².